The number of benzene rings is 1. The second-order valence-electron chi connectivity index (χ2n) is 6.38. The Labute approximate surface area is 166 Å². The Balaban J connectivity index is 1.92. The molecule has 3 aromatic rings. The van der Waals surface area contributed by atoms with E-state index in [9.17, 15) is 9.46 Å². The first kappa shape index (κ1) is 18.9. The molecule has 0 bridgehead atoms. The summed E-state index contributed by atoms with van der Waals surface area (Å²) >= 11 is 12.5. The maximum atomic E-state index is 11.8. The van der Waals surface area contributed by atoms with Crippen molar-refractivity contribution in [1.29, 1.82) is 0 Å². The molecule has 1 saturated heterocycles. The lowest BCUT2D eigenvalue weighted by atomic mass is 9.84. The van der Waals surface area contributed by atoms with Crippen molar-refractivity contribution in [3.8, 4) is 0 Å². The van der Waals surface area contributed by atoms with E-state index in [4.69, 9.17) is 32.7 Å². The summed E-state index contributed by atoms with van der Waals surface area (Å²) in [6.07, 6.45) is 5.83. The molecule has 1 aliphatic heterocycles. The predicted octanol–water partition coefficient (Wildman–Crippen LogP) is 3.57. The van der Waals surface area contributed by atoms with E-state index in [2.05, 4.69) is 10.3 Å². The molecule has 27 heavy (non-hydrogen) atoms. The molecular formula is C17H17Cl2N4O3P. The first-order valence-corrected chi connectivity index (χ1v) is 10.4. The van der Waals surface area contributed by atoms with Crippen molar-refractivity contribution >= 4 is 42.4 Å². The van der Waals surface area contributed by atoms with Crippen LogP contribution in [0.2, 0.25) is 10.0 Å². The van der Waals surface area contributed by atoms with Gasteiger partial charge in [0.25, 0.3) is 0 Å². The molecule has 4 rings (SSSR count). The van der Waals surface area contributed by atoms with Crippen molar-refractivity contribution in [2.75, 3.05) is 13.1 Å². The Morgan fingerprint density at radius 2 is 2.15 bits per heavy atom. The van der Waals surface area contributed by atoms with E-state index in [-0.39, 0.29) is 6.04 Å². The summed E-state index contributed by atoms with van der Waals surface area (Å²) in [5.41, 5.74) is -0.112. The molecule has 3 heterocycles. The van der Waals surface area contributed by atoms with Gasteiger partial charge >= 0.3 is 8.25 Å². The first-order chi connectivity index (χ1) is 13.0. The zero-order valence-electron chi connectivity index (χ0n) is 14.1. The van der Waals surface area contributed by atoms with Crippen LogP contribution in [0.15, 0.2) is 43.0 Å². The Morgan fingerprint density at radius 3 is 2.89 bits per heavy atom. The van der Waals surface area contributed by atoms with Gasteiger partial charge in [-0.15, -0.1) is 0 Å². The van der Waals surface area contributed by atoms with Crippen molar-refractivity contribution in [2.24, 2.45) is 0 Å². The van der Waals surface area contributed by atoms with Crippen LogP contribution in [0.5, 0.6) is 0 Å². The lowest BCUT2D eigenvalue weighted by Gasteiger charge is -2.43. The van der Waals surface area contributed by atoms with Crippen LogP contribution in [0, 0.1) is 0 Å². The van der Waals surface area contributed by atoms with Crippen LogP contribution in [0.25, 0.3) is 10.9 Å². The topological polar surface area (TPSA) is 89.3 Å². The van der Waals surface area contributed by atoms with Crippen LogP contribution in [0.1, 0.15) is 18.2 Å². The standard InChI is InChI=1S/C17H17Cl2N4O3P/c18-12-3-1-11-2-4-13(22-16(11)15(12)19)17(26-27(24)25)9-20-6-5-14(17)23-8-7-21-10-23/h1-4,7-8,10,14,20,27H,5-6,9H2,(H,24,25). The molecule has 0 saturated carbocycles. The molecule has 3 atom stereocenters. The van der Waals surface area contributed by atoms with E-state index in [1.807, 2.05) is 22.9 Å². The summed E-state index contributed by atoms with van der Waals surface area (Å²) in [4.78, 5) is 18.5. The van der Waals surface area contributed by atoms with Gasteiger partial charge in [0.2, 0.25) is 0 Å². The fourth-order valence-electron chi connectivity index (χ4n) is 3.65. The molecule has 1 fully saturated rings. The molecule has 1 aliphatic rings. The average molecular weight is 427 g/mol. The highest BCUT2D eigenvalue weighted by Crippen LogP contribution is 2.46. The largest absolute Gasteiger partial charge is 0.331 e. The molecule has 2 N–H and O–H groups in total. The number of piperidine rings is 1. The van der Waals surface area contributed by atoms with Gasteiger partial charge < -0.3 is 14.8 Å². The highest BCUT2D eigenvalue weighted by atomic mass is 35.5. The van der Waals surface area contributed by atoms with Crippen LogP contribution >= 0.6 is 31.5 Å². The van der Waals surface area contributed by atoms with E-state index in [0.29, 0.717) is 34.2 Å². The van der Waals surface area contributed by atoms with Crippen LogP contribution in [-0.2, 0) is 14.7 Å². The molecule has 7 nitrogen and oxygen atoms in total. The van der Waals surface area contributed by atoms with E-state index in [1.54, 1.807) is 24.7 Å². The molecule has 2 aromatic heterocycles. The van der Waals surface area contributed by atoms with Crippen molar-refractivity contribution in [2.45, 2.75) is 18.1 Å². The van der Waals surface area contributed by atoms with Gasteiger partial charge in [0.1, 0.15) is 0 Å². The zero-order chi connectivity index (χ0) is 19.0. The minimum absolute atomic E-state index is 0.259. The van der Waals surface area contributed by atoms with Gasteiger partial charge in [-0.2, -0.15) is 0 Å². The molecule has 3 unspecified atom stereocenters. The molecule has 0 amide bonds. The minimum atomic E-state index is -3.25. The van der Waals surface area contributed by atoms with Crippen molar-refractivity contribution in [3.63, 3.8) is 0 Å². The number of hydrogen-bond donors (Lipinski definition) is 2. The summed E-state index contributed by atoms with van der Waals surface area (Å²) < 4.78 is 19.3. The number of pyridine rings is 1. The molecule has 0 aliphatic carbocycles. The van der Waals surface area contributed by atoms with Gasteiger partial charge in [0.15, 0.2) is 5.60 Å². The molecule has 10 heteroatoms. The minimum Gasteiger partial charge on any atom is -0.331 e. The van der Waals surface area contributed by atoms with Gasteiger partial charge in [-0.05, 0) is 25.1 Å². The molecule has 142 valence electrons. The predicted molar refractivity (Wildman–Crippen MR) is 104 cm³/mol. The van der Waals surface area contributed by atoms with Gasteiger partial charge in [0, 0.05) is 24.3 Å². The fraction of sp³-hybridized carbons (Fsp3) is 0.294. The molecule has 0 spiro atoms. The fourth-order valence-corrected chi connectivity index (χ4v) is 4.64. The molecular weight excluding hydrogens is 410 g/mol. The third-order valence-corrected chi connectivity index (χ3v) is 6.19. The van der Waals surface area contributed by atoms with E-state index < -0.39 is 13.9 Å². The summed E-state index contributed by atoms with van der Waals surface area (Å²) in [6, 6.07) is 6.94. The van der Waals surface area contributed by atoms with Crippen LogP contribution in [-0.4, -0.2) is 32.5 Å². The number of nitrogens with zero attached hydrogens (tertiary/aromatic N) is 3. The smallest absolute Gasteiger partial charge is 0.317 e. The van der Waals surface area contributed by atoms with Crippen molar-refractivity contribution in [3.05, 3.63) is 58.7 Å². The number of imidazole rings is 1. The molecule has 1 aromatic carbocycles. The summed E-state index contributed by atoms with van der Waals surface area (Å²) in [6.45, 7) is 1.06. The quantitative estimate of drug-likeness (QED) is 0.619. The van der Waals surface area contributed by atoms with Gasteiger partial charge in [0.05, 0.1) is 33.6 Å². The number of halogens is 2. The maximum Gasteiger partial charge on any atom is 0.317 e. The van der Waals surface area contributed by atoms with Crippen molar-refractivity contribution < 1.29 is 14.0 Å². The zero-order valence-corrected chi connectivity index (χ0v) is 16.6. The lowest BCUT2D eigenvalue weighted by molar-refractivity contribution is -0.0154. The van der Waals surface area contributed by atoms with E-state index in [0.717, 1.165) is 11.9 Å². The maximum absolute atomic E-state index is 11.8. The van der Waals surface area contributed by atoms with Gasteiger partial charge in [-0.25, -0.2) is 9.97 Å². The number of nitrogens with one attached hydrogen (secondary N) is 1. The second-order valence-corrected chi connectivity index (χ2v) is 7.90. The van der Waals surface area contributed by atoms with E-state index in [1.165, 1.54) is 0 Å². The Hall–Kier alpha value is -1.47. The summed E-state index contributed by atoms with van der Waals surface area (Å²) in [5.74, 6) is 0. The highest BCUT2D eigenvalue weighted by molar-refractivity contribution is 7.32. The van der Waals surface area contributed by atoms with E-state index >= 15 is 0 Å². The van der Waals surface area contributed by atoms with Crippen LogP contribution in [0.3, 0.4) is 0 Å². The monoisotopic (exact) mass is 426 g/mol. The Kier molecular flexibility index (Phi) is 5.25. The third-order valence-electron chi connectivity index (χ3n) is 4.86. The number of hydrogen-bond acceptors (Lipinski definition) is 5. The van der Waals surface area contributed by atoms with Gasteiger partial charge in [-0.1, -0.05) is 35.3 Å². The first-order valence-electron chi connectivity index (χ1n) is 8.36. The normalized spacial score (nSPS) is 24.2. The number of aromatic nitrogens is 3. The highest BCUT2D eigenvalue weighted by Gasteiger charge is 2.47. The summed E-state index contributed by atoms with van der Waals surface area (Å²) in [7, 11) is -3.25. The number of rotatable bonds is 4. The average Bonchev–Trinajstić information content (AvgIpc) is 3.19. The Morgan fingerprint density at radius 1 is 1.33 bits per heavy atom. The van der Waals surface area contributed by atoms with Crippen LogP contribution in [0.4, 0.5) is 0 Å². The van der Waals surface area contributed by atoms with Crippen molar-refractivity contribution in [1.82, 2.24) is 19.9 Å². The molecule has 0 radical (unpaired) electrons. The SMILES string of the molecule is O=[PH](O)OC1(c2ccc3ccc(Cl)c(Cl)c3n2)CNCCC1n1ccnc1. The van der Waals surface area contributed by atoms with Crippen LogP contribution < -0.4 is 5.32 Å². The lowest BCUT2D eigenvalue weighted by Crippen LogP contribution is -2.51. The third kappa shape index (κ3) is 3.40. The number of fused-ring (bicyclic) bond motifs is 1. The van der Waals surface area contributed by atoms with Gasteiger partial charge in [-0.3, -0.25) is 9.09 Å². The Bertz CT molecular complexity index is 1000. The summed E-state index contributed by atoms with van der Waals surface area (Å²) in [5, 5.41) is 4.81. The second kappa shape index (κ2) is 7.51.